The first kappa shape index (κ1) is 16.2. The number of hydrogen-bond donors (Lipinski definition) is 1. The van der Waals surface area contributed by atoms with E-state index in [0.29, 0.717) is 5.16 Å². The highest BCUT2D eigenvalue weighted by Gasteiger charge is 2.18. The van der Waals surface area contributed by atoms with Crippen molar-refractivity contribution in [3.05, 3.63) is 54.4 Å². The van der Waals surface area contributed by atoms with Gasteiger partial charge in [0.15, 0.2) is 11.0 Å². The topological polar surface area (TPSA) is 72.7 Å². The van der Waals surface area contributed by atoms with Gasteiger partial charge in [0.25, 0.3) is 0 Å². The fourth-order valence-electron chi connectivity index (χ4n) is 2.29. The van der Waals surface area contributed by atoms with Crippen molar-refractivity contribution in [3.63, 3.8) is 0 Å². The molecule has 0 saturated heterocycles. The maximum Gasteiger partial charge on any atom is 0.230 e. The van der Waals surface area contributed by atoms with Crippen LogP contribution in [0.2, 0.25) is 0 Å². The number of amides is 1. The highest BCUT2D eigenvalue weighted by Crippen LogP contribution is 2.29. The van der Waals surface area contributed by atoms with E-state index >= 15 is 0 Å². The Morgan fingerprint density at radius 1 is 1.17 bits per heavy atom. The van der Waals surface area contributed by atoms with E-state index in [1.165, 1.54) is 11.8 Å². The molecule has 1 N–H and O–H groups in total. The van der Waals surface area contributed by atoms with E-state index in [4.69, 9.17) is 0 Å². The summed E-state index contributed by atoms with van der Waals surface area (Å²) in [6, 6.07) is 11.8. The van der Waals surface area contributed by atoms with Crippen molar-refractivity contribution < 1.29 is 4.79 Å². The van der Waals surface area contributed by atoms with E-state index in [0.717, 1.165) is 22.6 Å². The molecule has 1 aromatic carbocycles. The summed E-state index contributed by atoms with van der Waals surface area (Å²) in [5.74, 6) is 0.965. The molecule has 0 aliphatic heterocycles. The third-order valence-corrected chi connectivity index (χ3v) is 4.47. The summed E-state index contributed by atoms with van der Waals surface area (Å²) in [5.41, 5.74) is 3.02. The Hall–Kier alpha value is -2.67. The molecule has 122 valence electrons. The molecule has 0 unspecified atom stereocenters. The zero-order valence-corrected chi connectivity index (χ0v) is 14.2. The summed E-state index contributed by atoms with van der Waals surface area (Å²) in [6.07, 6.45) is 3.45. The van der Waals surface area contributed by atoms with Gasteiger partial charge in [0.05, 0.1) is 11.4 Å². The van der Waals surface area contributed by atoms with Gasteiger partial charge in [0.2, 0.25) is 5.91 Å². The highest BCUT2D eigenvalue weighted by atomic mass is 32.2. The molecule has 3 aromatic rings. The molecule has 0 radical (unpaired) electrons. The summed E-state index contributed by atoms with van der Waals surface area (Å²) < 4.78 is 1.98. The molecule has 0 spiro atoms. The van der Waals surface area contributed by atoms with Crippen LogP contribution in [0.5, 0.6) is 0 Å². The second-order valence-corrected chi connectivity index (χ2v) is 6.07. The van der Waals surface area contributed by atoms with Gasteiger partial charge >= 0.3 is 0 Å². The lowest BCUT2D eigenvalue weighted by atomic mass is 10.2. The maximum absolute atomic E-state index is 11.6. The van der Waals surface area contributed by atoms with Crippen LogP contribution in [-0.2, 0) is 4.79 Å². The van der Waals surface area contributed by atoms with Crippen molar-refractivity contribution in [2.24, 2.45) is 0 Å². The van der Waals surface area contributed by atoms with Gasteiger partial charge in [-0.25, -0.2) is 0 Å². The van der Waals surface area contributed by atoms with Gasteiger partial charge in [-0.05, 0) is 30.7 Å². The number of aryl methyl sites for hydroxylation is 1. The van der Waals surface area contributed by atoms with Crippen molar-refractivity contribution in [2.45, 2.75) is 12.1 Å². The average Bonchev–Trinajstić information content (AvgIpc) is 3.04. The molecule has 3 rings (SSSR count). The number of nitrogens with zero attached hydrogens (tertiary/aromatic N) is 4. The highest BCUT2D eigenvalue weighted by molar-refractivity contribution is 7.99. The standard InChI is InChI=1S/C17H17N5OS/c1-12-5-3-4-6-14(12)22-16(13-7-9-19-10-8-13)20-21-17(22)24-11-15(23)18-2/h3-10H,11H2,1-2H3,(H,18,23). The normalized spacial score (nSPS) is 10.6. The van der Waals surface area contributed by atoms with Crippen molar-refractivity contribution in [1.82, 2.24) is 25.1 Å². The van der Waals surface area contributed by atoms with Gasteiger partial charge in [-0.3, -0.25) is 14.3 Å². The predicted octanol–water partition coefficient (Wildman–Crippen LogP) is 2.48. The van der Waals surface area contributed by atoms with E-state index in [-0.39, 0.29) is 11.7 Å². The minimum Gasteiger partial charge on any atom is -0.358 e. The molecule has 0 aliphatic carbocycles. The lowest BCUT2D eigenvalue weighted by Crippen LogP contribution is -2.20. The van der Waals surface area contributed by atoms with Crippen LogP contribution in [0.1, 0.15) is 5.56 Å². The molecule has 2 aromatic heterocycles. The molecule has 0 saturated carbocycles. The molecule has 0 atom stereocenters. The number of carbonyl (C=O) groups is 1. The van der Waals surface area contributed by atoms with Gasteiger partial charge in [-0.2, -0.15) is 0 Å². The molecule has 1 amide bonds. The SMILES string of the molecule is CNC(=O)CSc1nnc(-c2ccncc2)n1-c1ccccc1C. The molecular formula is C17H17N5OS. The van der Waals surface area contributed by atoms with Crippen LogP contribution in [0.15, 0.2) is 53.9 Å². The summed E-state index contributed by atoms with van der Waals surface area (Å²) in [5, 5.41) is 11.9. The Labute approximate surface area is 144 Å². The second-order valence-electron chi connectivity index (χ2n) is 5.13. The third-order valence-electron chi connectivity index (χ3n) is 3.54. The average molecular weight is 339 g/mol. The Kier molecular flexibility index (Phi) is 4.90. The largest absolute Gasteiger partial charge is 0.358 e. The molecule has 0 bridgehead atoms. The number of aromatic nitrogens is 4. The number of carbonyl (C=O) groups excluding carboxylic acids is 1. The zero-order chi connectivity index (χ0) is 16.9. The number of hydrogen-bond acceptors (Lipinski definition) is 5. The number of para-hydroxylation sites is 1. The van der Waals surface area contributed by atoms with E-state index in [1.807, 2.05) is 47.9 Å². The predicted molar refractivity (Wildman–Crippen MR) is 94.1 cm³/mol. The number of thioether (sulfide) groups is 1. The maximum atomic E-state index is 11.6. The first-order chi connectivity index (χ1) is 11.7. The lowest BCUT2D eigenvalue weighted by molar-refractivity contribution is -0.118. The summed E-state index contributed by atoms with van der Waals surface area (Å²) in [6.45, 7) is 2.04. The van der Waals surface area contributed by atoms with Gasteiger partial charge < -0.3 is 5.32 Å². The second kappa shape index (κ2) is 7.27. The Bertz CT molecular complexity index is 847. The van der Waals surface area contributed by atoms with Crippen LogP contribution >= 0.6 is 11.8 Å². The van der Waals surface area contributed by atoms with Crippen LogP contribution in [0.4, 0.5) is 0 Å². The van der Waals surface area contributed by atoms with Gasteiger partial charge in [-0.1, -0.05) is 30.0 Å². The van der Waals surface area contributed by atoms with Crippen LogP contribution in [0.25, 0.3) is 17.1 Å². The molecule has 24 heavy (non-hydrogen) atoms. The van der Waals surface area contributed by atoms with E-state index < -0.39 is 0 Å². The number of benzene rings is 1. The zero-order valence-electron chi connectivity index (χ0n) is 13.4. The first-order valence-corrected chi connectivity index (χ1v) is 8.44. The molecular weight excluding hydrogens is 322 g/mol. The van der Waals surface area contributed by atoms with Crippen molar-refractivity contribution in [3.8, 4) is 17.1 Å². The third kappa shape index (κ3) is 3.30. The fraction of sp³-hybridized carbons (Fsp3) is 0.176. The molecule has 6 nitrogen and oxygen atoms in total. The number of nitrogens with one attached hydrogen (secondary N) is 1. The summed E-state index contributed by atoms with van der Waals surface area (Å²) in [4.78, 5) is 15.6. The van der Waals surface area contributed by atoms with Crippen LogP contribution in [-0.4, -0.2) is 38.5 Å². The van der Waals surface area contributed by atoms with Crippen molar-refractivity contribution in [1.29, 1.82) is 0 Å². The first-order valence-electron chi connectivity index (χ1n) is 7.46. The fourth-order valence-corrected chi connectivity index (χ4v) is 3.10. The van der Waals surface area contributed by atoms with E-state index in [1.54, 1.807) is 19.4 Å². The minimum absolute atomic E-state index is 0.0511. The van der Waals surface area contributed by atoms with Crippen LogP contribution in [0.3, 0.4) is 0 Å². The number of rotatable bonds is 5. The molecule has 0 aliphatic rings. The quantitative estimate of drug-likeness (QED) is 0.723. The van der Waals surface area contributed by atoms with E-state index in [9.17, 15) is 4.79 Å². The number of pyridine rings is 1. The van der Waals surface area contributed by atoms with Crippen LogP contribution < -0.4 is 5.32 Å². The van der Waals surface area contributed by atoms with Gasteiger partial charge in [-0.15, -0.1) is 10.2 Å². The van der Waals surface area contributed by atoms with Gasteiger partial charge in [0, 0.05) is 25.0 Å². The summed E-state index contributed by atoms with van der Waals surface area (Å²) >= 11 is 1.36. The Morgan fingerprint density at radius 2 is 1.92 bits per heavy atom. The van der Waals surface area contributed by atoms with Crippen LogP contribution in [0, 0.1) is 6.92 Å². The van der Waals surface area contributed by atoms with Crippen molar-refractivity contribution >= 4 is 17.7 Å². The van der Waals surface area contributed by atoms with E-state index in [2.05, 4.69) is 20.5 Å². The summed E-state index contributed by atoms with van der Waals surface area (Å²) in [7, 11) is 1.62. The molecule has 7 heteroatoms. The lowest BCUT2D eigenvalue weighted by Gasteiger charge is -2.12. The molecule has 2 heterocycles. The Balaban J connectivity index is 2.09. The Morgan fingerprint density at radius 3 is 2.62 bits per heavy atom. The molecule has 0 fully saturated rings. The van der Waals surface area contributed by atoms with Crippen molar-refractivity contribution in [2.75, 3.05) is 12.8 Å². The monoisotopic (exact) mass is 339 g/mol. The minimum atomic E-state index is -0.0511. The van der Waals surface area contributed by atoms with Gasteiger partial charge in [0.1, 0.15) is 0 Å². The smallest absolute Gasteiger partial charge is 0.230 e.